The Hall–Kier alpha value is -6.75. The summed E-state index contributed by atoms with van der Waals surface area (Å²) in [5.41, 5.74) is 6.71. The zero-order valence-electron chi connectivity index (χ0n) is 51.3. The van der Waals surface area contributed by atoms with Gasteiger partial charge in [0.05, 0.1) is 33.9 Å². The van der Waals surface area contributed by atoms with E-state index in [2.05, 4.69) is 142 Å². The van der Waals surface area contributed by atoms with Crippen molar-refractivity contribution in [3.8, 4) is 17.2 Å². The molecule has 1 spiro atoms. The van der Waals surface area contributed by atoms with E-state index in [0.717, 1.165) is 74.5 Å². The molecular weight excluding hydrogens is 1090 g/mol. The minimum Gasteiger partial charge on any atom is -0.508 e. The molecule has 12 rings (SSSR count). The van der Waals surface area contributed by atoms with Gasteiger partial charge in [-0.25, -0.2) is 4.79 Å². The molecule has 5 aromatic carbocycles. The minimum atomic E-state index is -0.942. The number of hydrogen-bond acceptors (Lipinski definition) is 13. The molecule has 0 radical (unpaired) electrons. The van der Waals surface area contributed by atoms with E-state index in [1.54, 1.807) is 25.1 Å². The van der Waals surface area contributed by atoms with Crippen LogP contribution in [0.5, 0.6) is 17.2 Å². The molecule has 6 aromatic rings. The third kappa shape index (κ3) is 14.7. The Morgan fingerprint density at radius 1 is 0.812 bits per heavy atom. The van der Waals surface area contributed by atoms with E-state index in [0.29, 0.717) is 48.1 Å². The van der Waals surface area contributed by atoms with E-state index in [1.165, 1.54) is 63.6 Å². The fraction of sp³-hybridized carbons (Fsp3) is 0.457. The Morgan fingerprint density at radius 2 is 1.48 bits per heavy atom. The molecule has 5 N–H and O–H groups in total. The molecule has 4 heterocycles. The number of aliphatic hydroxyl groups is 1. The summed E-state index contributed by atoms with van der Waals surface area (Å²) in [6.07, 6.45) is 9.32. The number of benzene rings is 5. The number of phenolic OH excluding ortho intramolecular Hbond substituents is 2. The molecule has 8 atom stereocenters. The molecule has 14 nitrogen and oxygen atoms in total. The number of aromatic carboxylic acids is 1. The maximum Gasteiger partial charge on any atom is 0.337 e. The molecule has 2 saturated carbocycles. The van der Waals surface area contributed by atoms with Crippen molar-refractivity contribution in [2.24, 2.45) is 17.8 Å². The number of aromatic nitrogens is 1. The molecule has 3 fully saturated rings. The molecule has 15 heteroatoms. The van der Waals surface area contributed by atoms with Crippen LogP contribution in [0, 0.1) is 17.8 Å². The molecule has 3 aliphatic heterocycles. The van der Waals surface area contributed by atoms with Gasteiger partial charge in [0.15, 0.2) is 23.4 Å². The number of anilines is 2. The largest absolute Gasteiger partial charge is 0.508 e. The Balaban J connectivity index is 0.000000143. The van der Waals surface area contributed by atoms with E-state index in [-0.39, 0.29) is 23.1 Å². The standard InChI is InChI=1S/C20H23NO4.C17H20N2S.C14H23NO.C13H18O2.C6H5NO2/c22-13-4-3-12-9-15-20(24)6-5-14(23)18-19(20,16(12)17(13)25-18)7-8-21(15)10-11-1-2-11;1-13(18(2)3)12-19-14-8-4-6-10-16(14)20-17-11-7-5-9-15(17)19;1-5-14(11(2)10-15(3)4)12-7-6-8-13(16)9-12;1-9(2)8-11-4-6-12(7-5-11)10(3)13(14)15;8-6(9)5-2-1-3-7-4-5/h3-4,11,15,18,22,24H,1-2,5-10H2;4-11,13H,12H2,1-3H3;6-9,11,14,16H,5,10H2,1-4H3;4-7,9-10H,8H2,1-3H3,(H,14,15);1-4H,(H,8,9)/t15-,18+,19+,20-;;11-,14+;;/m1.0../s1. The number of piperidine rings is 1. The fourth-order valence-corrected chi connectivity index (χ4v) is 14.2. The van der Waals surface area contributed by atoms with Crippen LogP contribution >= 0.6 is 11.8 Å². The fourth-order valence-electron chi connectivity index (χ4n) is 13.1. The van der Waals surface area contributed by atoms with E-state index in [1.807, 2.05) is 54.2 Å². The number of likely N-dealkylation sites (N-methyl/N-ethyl adjacent to an activating group) is 1. The van der Waals surface area contributed by atoms with Crippen LogP contribution in [0.2, 0.25) is 0 Å². The van der Waals surface area contributed by atoms with Gasteiger partial charge in [-0.15, -0.1) is 0 Å². The number of hydrogen-bond donors (Lipinski definition) is 5. The van der Waals surface area contributed by atoms with Crippen molar-refractivity contribution in [2.75, 3.05) is 59.3 Å². The number of ketones is 1. The highest BCUT2D eigenvalue weighted by molar-refractivity contribution is 7.99. The molecule has 0 amide bonds. The first-order valence-electron chi connectivity index (χ1n) is 30.3. The van der Waals surface area contributed by atoms with Gasteiger partial charge in [0, 0.05) is 65.9 Å². The van der Waals surface area contributed by atoms with Crippen LogP contribution in [0.4, 0.5) is 11.4 Å². The third-order valence-electron chi connectivity index (χ3n) is 17.9. The van der Waals surface area contributed by atoms with Crippen molar-refractivity contribution in [1.82, 2.24) is 19.7 Å². The lowest BCUT2D eigenvalue weighted by Gasteiger charge is -2.62. The van der Waals surface area contributed by atoms with Crippen LogP contribution in [-0.4, -0.2) is 141 Å². The van der Waals surface area contributed by atoms with Crippen LogP contribution in [0.1, 0.15) is 130 Å². The minimum absolute atomic E-state index is 0.0454. The number of ether oxygens (including phenoxy) is 1. The van der Waals surface area contributed by atoms with Gasteiger partial charge < -0.3 is 45.0 Å². The van der Waals surface area contributed by atoms with Crippen LogP contribution in [0.25, 0.3) is 0 Å². The molecule has 2 unspecified atom stereocenters. The zero-order chi connectivity index (χ0) is 61.3. The van der Waals surface area contributed by atoms with Crippen molar-refractivity contribution in [2.45, 2.75) is 144 Å². The maximum absolute atomic E-state index is 12.7. The first-order chi connectivity index (χ1) is 40.6. The number of aliphatic carboxylic acids is 1. The van der Waals surface area contributed by atoms with E-state index in [9.17, 15) is 29.7 Å². The number of pyridine rings is 1. The smallest absolute Gasteiger partial charge is 0.337 e. The SMILES string of the molecule is CC(C)Cc1ccc(C(C)C(=O)O)cc1.CC(CN1c2ccccc2Sc2ccccc21)N(C)C.CC[C@@H](c1cccc(O)c1)[C@@H](C)CN(C)C.O=C(O)c1cccnc1.O=C1CC[C@@]2(O)[C@H]3Cc4ccc(O)c5c4[C@@]2(CCN3CC2CC2)[C@H]1O5. The molecule has 454 valence electrons. The number of nitrogens with zero attached hydrogens (tertiary/aromatic N) is 5. The van der Waals surface area contributed by atoms with Gasteiger partial charge >= 0.3 is 11.9 Å². The number of para-hydroxylation sites is 2. The molecule has 85 heavy (non-hydrogen) atoms. The lowest BCUT2D eigenvalue weighted by atomic mass is 9.49. The van der Waals surface area contributed by atoms with Crippen molar-refractivity contribution < 1.29 is 44.7 Å². The van der Waals surface area contributed by atoms with Gasteiger partial charge in [-0.2, -0.15) is 0 Å². The van der Waals surface area contributed by atoms with E-state index in [4.69, 9.17) is 14.9 Å². The monoisotopic (exact) mass is 1180 g/mol. The van der Waals surface area contributed by atoms with Gasteiger partial charge in [0.1, 0.15) is 5.75 Å². The summed E-state index contributed by atoms with van der Waals surface area (Å²) in [6.45, 7) is 16.8. The molecule has 2 bridgehead atoms. The second-order valence-electron chi connectivity index (χ2n) is 25.0. The highest BCUT2D eigenvalue weighted by atomic mass is 32.2. The zero-order valence-corrected chi connectivity index (χ0v) is 52.1. The average molecular weight is 1180 g/mol. The van der Waals surface area contributed by atoms with Gasteiger partial charge in [-0.1, -0.05) is 106 Å². The first-order valence-corrected chi connectivity index (χ1v) is 31.1. The number of carbonyl (C=O) groups is 3. The number of fused-ring (bicyclic) bond motifs is 2. The van der Waals surface area contributed by atoms with Crippen molar-refractivity contribution in [1.29, 1.82) is 0 Å². The summed E-state index contributed by atoms with van der Waals surface area (Å²) < 4.78 is 6.04. The molecular formula is C70H89N5O9S. The Morgan fingerprint density at radius 3 is 2.04 bits per heavy atom. The summed E-state index contributed by atoms with van der Waals surface area (Å²) in [5.74, 6) is 1.38. The number of carboxylic acids is 2. The first kappa shape index (κ1) is 64.3. The van der Waals surface area contributed by atoms with E-state index >= 15 is 0 Å². The lowest BCUT2D eigenvalue weighted by Crippen LogP contribution is -2.76. The van der Waals surface area contributed by atoms with E-state index < -0.39 is 35.0 Å². The summed E-state index contributed by atoms with van der Waals surface area (Å²) >= 11 is 1.87. The number of carbonyl (C=O) groups excluding carboxylic acids is 1. The predicted molar refractivity (Wildman–Crippen MR) is 338 cm³/mol. The van der Waals surface area contributed by atoms with Crippen molar-refractivity contribution in [3.05, 3.63) is 167 Å². The number of carboxylic acid groups (broad SMARTS) is 2. The summed E-state index contributed by atoms with van der Waals surface area (Å²) in [5, 5.41) is 49.0. The summed E-state index contributed by atoms with van der Waals surface area (Å²) in [7, 11) is 8.49. The highest BCUT2D eigenvalue weighted by Gasteiger charge is 2.73. The van der Waals surface area contributed by atoms with Crippen LogP contribution < -0.4 is 9.64 Å². The maximum atomic E-state index is 12.7. The number of rotatable bonds is 15. The number of phenols is 2. The quantitative estimate of drug-likeness (QED) is 0.0653. The van der Waals surface area contributed by atoms with Gasteiger partial charge in [0.2, 0.25) is 0 Å². The summed E-state index contributed by atoms with van der Waals surface area (Å²) in [6, 6.07) is 40.2. The molecule has 1 saturated heterocycles. The average Bonchev–Trinajstić information content (AvgIpc) is 1.61. The van der Waals surface area contributed by atoms with Crippen LogP contribution in [0.15, 0.2) is 144 Å². The number of likely N-dealkylation sites (tertiary alicyclic amines) is 1. The normalized spacial score (nSPS) is 21.7. The molecule has 6 aliphatic rings. The van der Waals surface area contributed by atoms with Gasteiger partial charge in [-0.05, 0) is 194 Å². The van der Waals surface area contributed by atoms with Crippen LogP contribution in [0.3, 0.4) is 0 Å². The Bertz CT molecular complexity index is 3180. The third-order valence-corrected chi connectivity index (χ3v) is 19.0. The number of Topliss-reactive ketones (excluding diaryl/α,β-unsaturated/α-hetero) is 1. The van der Waals surface area contributed by atoms with Gasteiger partial charge in [-0.3, -0.25) is 19.5 Å². The summed E-state index contributed by atoms with van der Waals surface area (Å²) in [4.78, 5) is 49.4. The van der Waals surface area contributed by atoms with Crippen molar-refractivity contribution in [3.63, 3.8) is 0 Å². The lowest BCUT2D eigenvalue weighted by molar-refractivity contribution is -0.188. The topological polar surface area (TPSA) is 187 Å². The van der Waals surface area contributed by atoms with Gasteiger partial charge in [0.25, 0.3) is 0 Å². The molecule has 1 aromatic heterocycles. The number of aromatic hydroxyl groups is 2. The van der Waals surface area contributed by atoms with Crippen LogP contribution in [-0.2, 0) is 27.8 Å². The second kappa shape index (κ2) is 28.2. The predicted octanol–water partition coefficient (Wildman–Crippen LogP) is 12.7. The highest BCUT2D eigenvalue weighted by Crippen LogP contribution is 2.65. The Labute approximate surface area is 507 Å². The Kier molecular flexibility index (Phi) is 21.3. The second-order valence-corrected chi connectivity index (χ2v) is 26.1. The van der Waals surface area contributed by atoms with Crippen molar-refractivity contribution >= 4 is 40.9 Å². The molecule has 3 aliphatic carbocycles.